The molecule has 2 N–H and O–H groups in total. The van der Waals surface area contributed by atoms with Crippen LogP contribution in [0.3, 0.4) is 0 Å². The molecule has 1 aromatic heterocycles. The number of hydrogen-bond acceptors (Lipinski definition) is 3. The summed E-state index contributed by atoms with van der Waals surface area (Å²) in [7, 11) is 0. The number of hydrogen-bond donors (Lipinski definition) is 2. The number of aryl methyl sites for hydroxylation is 1. The minimum atomic E-state index is -0.813. The summed E-state index contributed by atoms with van der Waals surface area (Å²) in [5.74, 6) is -1.55. The number of aromatic nitrogens is 2. The van der Waals surface area contributed by atoms with Crippen molar-refractivity contribution in [2.45, 2.75) is 31.6 Å². The predicted octanol–water partition coefficient (Wildman–Crippen LogP) is 2.23. The second-order valence-corrected chi connectivity index (χ2v) is 7.39. The van der Waals surface area contributed by atoms with Gasteiger partial charge in [0.25, 0.3) is 0 Å². The first-order valence-corrected chi connectivity index (χ1v) is 9.21. The molecule has 2 aromatic rings. The van der Waals surface area contributed by atoms with Crippen LogP contribution in [0.4, 0.5) is 0 Å². The van der Waals surface area contributed by atoms with Crippen LogP contribution in [-0.4, -0.2) is 45.2 Å². The number of carbonyl (C=O) groups is 2. The first-order chi connectivity index (χ1) is 12.6. The van der Waals surface area contributed by atoms with Gasteiger partial charge < -0.3 is 10.0 Å². The summed E-state index contributed by atoms with van der Waals surface area (Å²) in [5, 5.41) is 16.7. The van der Waals surface area contributed by atoms with Crippen LogP contribution in [0, 0.1) is 11.8 Å². The molecule has 2 heterocycles. The molecule has 3 atom stereocenters. The maximum Gasteiger partial charge on any atom is 0.308 e. The number of likely N-dealkylation sites (tertiary alicyclic amines) is 1. The highest BCUT2D eigenvalue weighted by Crippen LogP contribution is 2.35. The summed E-state index contributed by atoms with van der Waals surface area (Å²) in [6.07, 6.45) is 5.20. The summed E-state index contributed by atoms with van der Waals surface area (Å²) in [6.45, 7) is 0.802. The Morgan fingerprint density at radius 2 is 2.04 bits per heavy atom. The number of carboxylic acid groups (broad SMARTS) is 1. The number of carboxylic acids is 1. The summed E-state index contributed by atoms with van der Waals surface area (Å²) in [4.78, 5) is 26.6. The van der Waals surface area contributed by atoms with Gasteiger partial charge in [0, 0.05) is 13.1 Å². The van der Waals surface area contributed by atoms with Crippen LogP contribution < -0.4 is 0 Å². The van der Waals surface area contributed by atoms with E-state index >= 15 is 0 Å². The Morgan fingerprint density at radius 3 is 2.81 bits per heavy atom. The number of aliphatic carboxylic acids is 1. The van der Waals surface area contributed by atoms with E-state index in [1.54, 1.807) is 11.1 Å². The number of nitrogens with zero attached hydrogens (tertiary/aromatic N) is 2. The predicted molar refractivity (Wildman–Crippen MR) is 95.6 cm³/mol. The molecule has 1 fully saturated rings. The number of rotatable bonds is 4. The van der Waals surface area contributed by atoms with Gasteiger partial charge in [0.15, 0.2) is 0 Å². The van der Waals surface area contributed by atoms with Crippen LogP contribution in [0.2, 0.25) is 0 Å². The van der Waals surface area contributed by atoms with E-state index in [2.05, 4.69) is 10.2 Å². The maximum atomic E-state index is 13.1. The summed E-state index contributed by atoms with van der Waals surface area (Å²) < 4.78 is 0. The zero-order chi connectivity index (χ0) is 18.1. The van der Waals surface area contributed by atoms with Crippen LogP contribution in [0.15, 0.2) is 36.5 Å². The van der Waals surface area contributed by atoms with E-state index < -0.39 is 11.9 Å². The Kier molecular flexibility index (Phi) is 4.49. The molecular formula is C20H23N3O3. The maximum absolute atomic E-state index is 13.1. The smallest absolute Gasteiger partial charge is 0.308 e. The molecule has 1 amide bonds. The van der Waals surface area contributed by atoms with Crippen molar-refractivity contribution in [3.63, 3.8) is 0 Å². The van der Waals surface area contributed by atoms with E-state index in [1.165, 1.54) is 0 Å². The third-order valence-electron chi connectivity index (χ3n) is 5.75. The van der Waals surface area contributed by atoms with Gasteiger partial charge in [-0.25, -0.2) is 0 Å². The Balaban J connectivity index is 1.51. The standard InChI is InChI=1S/C20H23N3O3/c24-19(16-8-4-7-14-10-21-22-18(14)16)23-11-15(17(12-23)20(25)26)9-13-5-2-1-3-6-13/h1-3,5-6,10,15-17H,4,7-9,11-12H2,(H,21,22)(H,25,26)/t15-,16?,17-/m1/s1. The number of benzene rings is 1. The highest BCUT2D eigenvalue weighted by molar-refractivity contribution is 5.85. The zero-order valence-electron chi connectivity index (χ0n) is 14.6. The van der Waals surface area contributed by atoms with E-state index in [-0.39, 0.29) is 17.7 Å². The number of carbonyl (C=O) groups excluding carboxylic acids is 1. The van der Waals surface area contributed by atoms with Crippen molar-refractivity contribution in [2.75, 3.05) is 13.1 Å². The van der Waals surface area contributed by atoms with Crippen molar-refractivity contribution < 1.29 is 14.7 Å². The molecule has 1 unspecified atom stereocenters. The lowest BCUT2D eigenvalue weighted by molar-refractivity contribution is -0.142. The van der Waals surface area contributed by atoms with Crippen LogP contribution in [0.5, 0.6) is 0 Å². The van der Waals surface area contributed by atoms with Gasteiger partial charge in [0.2, 0.25) is 5.91 Å². The molecule has 2 aliphatic rings. The quantitative estimate of drug-likeness (QED) is 0.882. The molecule has 1 aliphatic carbocycles. The third kappa shape index (κ3) is 3.11. The number of aromatic amines is 1. The van der Waals surface area contributed by atoms with E-state index in [9.17, 15) is 14.7 Å². The molecule has 0 radical (unpaired) electrons. The second-order valence-electron chi connectivity index (χ2n) is 7.39. The number of H-pyrrole nitrogens is 1. The molecule has 26 heavy (non-hydrogen) atoms. The summed E-state index contributed by atoms with van der Waals surface area (Å²) in [6, 6.07) is 9.91. The van der Waals surface area contributed by atoms with Gasteiger partial charge >= 0.3 is 5.97 Å². The van der Waals surface area contributed by atoms with Crippen LogP contribution in [0.25, 0.3) is 0 Å². The van der Waals surface area contributed by atoms with E-state index in [0.29, 0.717) is 19.5 Å². The van der Waals surface area contributed by atoms with Gasteiger partial charge in [-0.05, 0) is 42.7 Å². The molecule has 4 rings (SSSR count). The molecule has 0 bridgehead atoms. The van der Waals surface area contributed by atoms with Crippen molar-refractivity contribution >= 4 is 11.9 Å². The molecule has 6 nitrogen and oxygen atoms in total. The molecule has 0 spiro atoms. The summed E-state index contributed by atoms with van der Waals surface area (Å²) in [5.41, 5.74) is 3.15. The van der Waals surface area contributed by atoms with Crippen LogP contribution >= 0.6 is 0 Å². The Labute approximate surface area is 152 Å². The fourth-order valence-corrected chi connectivity index (χ4v) is 4.39. The molecule has 1 aromatic carbocycles. The number of amides is 1. The lowest BCUT2D eigenvalue weighted by atomic mass is 9.87. The van der Waals surface area contributed by atoms with Gasteiger partial charge in [0.05, 0.1) is 23.7 Å². The Hall–Kier alpha value is -2.63. The fourth-order valence-electron chi connectivity index (χ4n) is 4.39. The normalized spacial score (nSPS) is 25.1. The molecule has 136 valence electrons. The average molecular weight is 353 g/mol. The van der Waals surface area contributed by atoms with Gasteiger partial charge in [-0.1, -0.05) is 30.3 Å². The third-order valence-corrected chi connectivity index (χ3v) is 5.75. The fraction of sp³-hybridized carbons (Fsp3) is 0.450. The van der Waals surface area contributed by atoms with E-state index in [0.717, 1.165) is 36.1 Å². The molecule has 1 aliphatic heterocycles. The minimum absolute atomic E-state index is 0.0389. The van der Waals surface area contributed by atoms with Crippen molar-refractivity contribution in [3.05, 3.63) is 53.3 Å². The lowest BCUT2D eigenvalue weighted by Gasteiger charge is -2.26. The Bertz CT molecular complexity index is 802. The SMILES string of the molecule is O=C(O)[C@@H]1CN(C(=O)C2CCCc3cn[nH]c32)C[C@H]1Cc1ccccc1. The minimum Gasteiger partial charge on any atom is -0.481 e. The first kappa shape index (κ1) is 16.8. The topological polar surface area (TPSA) is 86.3 Å². The molecule has 6 heteroatoms. The average Bonchev–Trinajstić information content (AvgIpc) is 3.28. The zero-order valence-corrected chi connectivity index (χ0v) is 14.6. The summed E-state index contributed by atoms with van der Waals surface area (Å²) >= 11 is 0. The van der Waals surface area contributed by atoms with Crippen molar-refractivity contribution in [2.24, 2.45) is 11.8 Å². The first-order valence-electron chi connectivity index (χ1n) is 9.21. The van der Waals surface area contributed by atoms with Gasteiger partial charge in [-0.15, -0.1) is 0 Å². The van der Waals surface area contributed by atoms with Gasteiger partial charge in [-0.3, -0.25) is 14.7 Å². The van der Waals surface area contributed by atoms with Crippen LogP contribution in [0.1, 0.15) is 35.6 Å². The van der Waals surface area contributed by atoms with Crippen molar-refractivity contribution in [3.8, 4) is 0 Å². The number of fused-ring (bicyclic) bond motifs is 1. The lowest BCUT2D eigenvalue weighted by Crippen LogP contribution is -2.35. The highest BCUT2D eigenvalue weighted by atomic mass is 16.4. The second kappa shape index (κ2) is 6.94. The molecule has 1 saturated heterocycles. The van der Waals surface area contributed by atoms with E-state index in [4.69, 9.17) is 0 Å². The Morgan fingerprint density at radius 1 is 1.23 bits per heavy atom. The molecular weight excluding hydrogens is 330 g/mol. The van der Waals surface area contributed by atoms with Crippen molar-refractivity contribution in [1.82, 2.24) is 15.1 Å². The highest BCUT2D eigenvalue weighted by Gasteiger charge is 2.42. The number of nitrogens with one attached hydrogen (secondary N) is 1. The van der Waals surface area contributed by atoms with Crippen LogP contribution in [-0.2, 0) is 22.4 Å². The monoisotopic (exact) mass is 353 g/mol. The van der Waals surface area contributed by atoms with E-state index in [1.807, 2.05) is 30.3 Å². The van der Waals surface area contributed by atoms with Gasteiger partial charge in [0.1, 0.15) is 0 Å². The largest absolute Gasteiger partial charge is 0.481 e. The molecule has 0 saturated carbocycles. The van der Waals surface area contributed by atoms with Crippen molar-refractivity contribution in [1.29, 1.82) is 0 Å². The van der Waals surface area contributed by atoms with Gasteiger partial charge in [-0.2, -0.15) is 5.10 Å².